The Morgan fingerprint density at radius 2 is 1.94 bits per heavy atom. The van der Waals surface area contributed by atoms with E-state index in [1.807, 2.05) is 17.5 Å². The van der Waals surface area contributed by atoms with Crippen LogP contribution in [0.15, 0.2) is 17.5 Å². The molecule has 0 fully saturated rings. The molecular weight excluding hydrogens is 438 g/mol. The number of hydrogen-bond acceptors (Lipinski definition) is 8. The van der Waals surface area contributed by atoms with E-state index in [9.17, 15) is 14.4 Å². The van der Waals surface area contributed by atoms with E-state index in [2.05, 4.69) is 5.32 Å². The molecule has 1 aromatic heterocycles. The average Bonchev–Trinajstić information content (AvgIpc) is 3.20. The minimum atomic E-state index is -0.829. The van der Waals surface area contributed by atoms with Gasteiger partial charge >= 0.3 is 18.3 Å². The molecule has 1 atom stereocenters. The van der Waals surface area contributed by atoms with Crippen LogP contribution in [0.1, 0.15) is 44.9 Å². The third kappa shape index (κ3) is 13.0. The van der Waals surface area contributed by atoms with Gasteiger partial charge in [0.2, 0.25) is 0 Å². The van der Waals surface area contributed by atoms with Gasteiger partial charge in [-0.15, -0.1) is 11.3 Å². The number of alkyl carbamates (subject to hydrolysis) is 1. The summed E-state index contributed by atoms with van der Waals surface area (Å²) in [7, 11) is 1.57. The number of rotatable bonds is 13. The molecule has 1 aromatic rings. The van der Waals surface area contributed by atoms with E-state index in [1.165, 1.54) is 0 Å². The van der Waals surface area contributed by atoms with Crippen LogP contribution in [0.3, 0.4) is 0 Å². The van der Waals surface area contributed by atoms with Crippen molar-refractivity contribution in [3.8, 4) is 0 Å². The monoisotopic (exact) mass is 473 g/mol. The summed E-state index contributed by atoms with van der Waals surface area (Å²) in [5.41, 5.74) is 4.29. The molecule has 0 bridgehead atoms. The van der Waals surface area contributed by atoms with Gasteiger partial charge in [-0.2, -0.15) is 0 Å². The number of methoxy groups -OCH3 is 1. The van der Waals surface area contributed by atoms with Gasteiger partial charge in [0.25, 0.3) is 0 Å². The van der Waals surface area contributed by atoms with Crippen molar-refractivity contribution in [3.63, 3.8) is 0 Å². The summed E-state index contributed by atoms with van der Waals surface area (Å²) < 4.78 is 20.6. The van der Waals surface area contributed by atoms with Crippen LogP contribution in [0.25, 0.3) is 0 Å². The highest BCUT2D eigenvalue weighted by Crippen LogP contribution is 2.13. The number of unbranched alkanes of at least 4 members (excludes halogenated alkanes) is 1. The van der Waals surface area contributed by atoms with Gasteiger partial charge in [-0.25, -0.2) is 14.4 Å². The molecule has 0 aliphatic heterocycles. The lowest BCUT2D eigenvalue weighted by atomic mass is 10.1. The predicted octanol–water partition coefficient (Wildman–Crippen LogP) is 3.49. The van der Waals surface area contributed by atoms with Crippen molar-refractivity contribution in [2.24, 2.45) is 5.73 Å². The number of carbonyl (C=O) groups excluding carboxylic acids is 3. The molecule has 10 nitrogen and oxygen atoms in total. The molecule has 3 N–H and O–H groups in total. The van der Waals surface area contributed by atoms with Crippen molar-refractivity contribution < 1.29 is 33.3 Å². The number of ether oxygens (including phenoxy) is 4. The third-order valence-corrected chi connectivity index (χ3v) is 4.93. The molecule has 1 rings (SSSR count). The second-order valence-corrected chi connectivity index (χ2v) is 9.11. The van der Waals surface area contributed by atoms with Crippen molar-refractivity contribution in [2.75, 3.05) is 33.5 Å². The van der Waals surface area contributed by atoms with Crippen LogP contribution in [-0.2, 0) is 25.5 Å². The first-order valence-corrected chi connectivity index (χ1v) is 11.3. The first kappa shape index (κ1) is 27.5. The molecule has 0 unspecified atom stereocenters. The SMILES string of the molecule is COCCN(Cc1cccs1)C(=O)OC[C@H](CCCCOC(N)=O)NC(=O)OC(C)(C)C. The van der Waals surface area contributed by atoms with E-state index >= 15 is 0 Å². The number of nitrogens with two attached hydrogens (primary N) is 1. The van der Waals surface area contributed by atoms with Gasteiger partial charge in [-0.1, -0.05) is 6.07 Å². The minimum Gasteiger partial charge on any atom is -0.450 e. The Labute approximate surface area is 193 Å². The maximum Gasteiger partial charge on any atom is 0.410 e. The number of primary amides is 1. The number of amides is 3. The molecule has 182 valence electrons. The first-order valence-electron chi connectivity index (χ1n) is 10.5. The number of hydrogen-bond donors (Lipinski definition) is 2. The van der Waals surface area contributed by atoms with Gasteiger partial charge in [-0.05, 0) is 51.5 Å². The summed E-state index contributed by atoms with van der Waals surface area (Å²) in [6.07, 6.45) is -0.248. The fourth-order valence-corrected chi connectivity index (χ4v) is 3.35. The minimum absolute atomic E-state index is 0.0251. The van der Waals surface area contributed by atoms with Crippen molar-refractivity contribution >= 4 is 29.6 Å². The Kier molecular flexibility index (Phi) is 12.5. The fourth-order valence-electron chi connectivity index (χ4n) is 2.63. The third-order valence-electron chi connectivity index (χ3n) is 4.07. The molecule has 0 saturated heterocycles. The molecule has 0 saturated carbocycles. The van der Waals surface area contributed by atoms with Crippen LogP contribution >= 0.6 is 11.3 Å². The molecule has 3 amide bonds. The lowest BCUT2D eigenvalue weighted by Gasteiger charge is -2.25. The highest BCUT2D eigenvalue weighted by atomic mass is 32.1. The summed E-state index contributed by atoms with van der Waals surface area (Å²) in [5.74, 6) is 0. The van der Waals surface area contributed by atoms with E-state index < -0.39 is 29.9 Å². The Hall–Kier alpha value is -2.53. The lowest BCUT2D eigenvalue weighted by Crippen LogP contribution is -2.43. The van der Waals surface area contributed by atoms with Crippen molar-refractivity contribution in [3.05, 3.63) is 22.4 Å². The largest absolute Gasteiger partial charge is 0.450 e. The van der Waals surface area contributed by atoms with Crippen LogP contribution in [-0.4, -0.2) is 68.3 Å². The molecule has 0 aromatic carbocycles. The van der Waals surface area contributed by atoms with Gasteiger partial charge in [0.1, 0.15) is 12.2 Å². The van der Waals surface area contributed by atoms with Gasteiger partial charge < -0.3 is 34.9 Å². The summed E-state index contributed by atoms with van der Waals surface area (Å²) in [5, 5.41) is 4.69. The molecule has 0 radical (unpaired) electrons. The second kappa shape index (κ2) is 14.5. The summed E-state index contributed by atoms with van der Waals surface area (Å²) in [6, 6.07) is 3.40. The van der Waals surface area contributed by atoms with Crippen LogP contribution in [0.2, 0.25) is 0 Å². The Morgan fingerprint density at radius 1 is 1.19 bits per heavy atom. The van der Waals surface area contributed by atoms with Gasteiger partial charge in [0.05, 0.1) is 25.8 Å². The number of nitrogens with one attached hydrogen (secondary N) is 1. The normalized spacial score (nSPS) is 12.0. The summed E-state index contributed by atoms with van der Waals surface area (Å²) >= 11 is 1.55. The van der Waals surface area contributed by atoms with Crippen LogP contribution in [0.4, 0.5) is 14.4 Å². The van der Waals surface area contributed by atoms with Gasteiger partial charge in [0.15, 0.2) is 0 Å². The number of thiophene rings is 1. The van der Waals surface area contributed by atoms with E-state index in [4.69, 9.17) is 24.7 Å². The Bertz CT molecular complexity index is 692. The summed E-state index contributed by atoms with van der Waals surface area (Å²) in [4.78, 5) is 38.1. The molecule has 0 spiro atoms. The molecule has 1 heterocycles. The second-order valence-electron chi connectivity index (χ2n) is 8.08. The maximum atomic E-state index is 12.7. The zero-order valence-electron chi connectivity index (χ0n) is 19.3. The van der Waals surface area contributed by atoms with E-state index in [-0.39, 0.29) is 13.2 Å². The maximum absolute atomic E-state index is 12.7. The van der Waals surface area contributed by atoms with E-state index in [0.29, 0.717) is 39.0 Å². The van der Waals surface area contributed by atoms with Crippen LogP contribution < -0.4 is 11.1 Å². The highest BCUT2D eigenvalue weighted by Gasteiger charge is 2.22. The summed E-state index contributed by atoms with van der Waals surface area (Å²) in [6.45, 7) is 6.61. The smallest absolute Gasteiger partial charge is 0.410 e. The molecule has 0 aliphatic carbocycles. The quantitative estimate of drug-likeness (QED) is 0.331. The topological polar surface area (TPSA) is 129 Å². The molecule has 0 aliphatic rings. The molecular formula is C21H35N3O7S. The lowest BCUT2D eigenvalue weighted by molar-refractivity contribution is 0.0435. The van der Waals surface area contributed by atoms with Crippen LogP contribution in [0.5, 0.6) is 0 Å². The van der Waals surface area contributed by atoms with Crippen molar-refractivity contribution in [2.45, 2.75) is 58.2 Å². The zero-order valence-corrected chi connectivity index (χ0v) is 20.1. The zero-order chi connectivity index (χ0) is 24.0. The fraction of sp³-hybridized carbons (Fsp3) is 0.667. The predicted molar refractivity (Wildman–Crippen MR) is 120 cm³/mol. The van der Waals surface area contributed by atoms with E-state index in [1.54, 1.807) is 44.1 Å². The number of carbonyl (C=O) groups is 3. The Balaban J connectivity index is 2.65. The van der Waals surface area contributed by atoms with Crippen molar-refractivity contribution in [1.29, 1.82) is 0 Å². The Morgan fingerprint density at radius 3 is 2.53 bits per heavy atom. The van der Waals surface area contributed by atoms with Gasteiger partial charge in [-0.3, -0.25) is 0 Å². The standard InChI is InChI=1S/C21H35N3O7S/c1-21(2,3)31-19(26)23-16(8-5-6-11-29-18(22)25)15-30-20(27)24(10-12-28-4)14-17-9-7-13-32-17/h7,9,13,16H,5-6,8,10-12,14-15H2,1-4H3,(H2,22,25)(H,23,26)/t16-/m0/s1. The van der Waals surface area contributed by atoms with Crippen LogP contribution in [0, 0.1) is 0 Å². The van der Waals surface area contributed by atoms with Gasteiger partial charge in [0, 0.05) is 18.5 Å². The van der Waals surface area contributed by atoms with E-state index in [0.717, 1.165) is 4.88 Å². The highest BCUT2D eigenvalue weighted by molar-refractivity contribution is 7.09. The average molecular weight is 474 g/mol. The van der Waals surface area contributed by atoms with Crippen molar-refractivity contribution in [1.82, 2.24) is 10.2 Å². The number of nitrogens with zero attached hydrogens (tertiary/aromatic N) is 1. The first-order chi connectivity index (χ1) is 15.1. The molecule has 32 heavy (non-hydrogen) atoms. The molecule has 11 heteroatoms.